The average molecular weight is 384 g/mol. The second-order valence-electron chi connectivity index (χ2n) is 6.83. The molecule has 0 bridgehead atoms. The molecule has 0 spiro atoms. The van der Waals surface area contributed by atoms with Gasteiger partial charge in [-0.15, -0.1) is 0 Å². The summed E-state index contributed by atoms with van der Waals surface area (Å²) in [6.07, 6.45) is 8.40. The molecule has 0 saturated heterocycles. The van der Waals surface area contributed by atoms with Crippen molar-refractivity contribution in [2.75, 3.05) is 6.54 Å². The highest BCUT2D eigenvalue weighted by molar-refractivity contribution is 5.73. The van der Waals surface area contributed by atoms with E-state index in [4.69, 9.17) is 4.74 Å². The highest BCUT2D eigenvalue weighted by Gasteiger charge is 2.23. The van der Waals surface area contributed by atoms with Crippen molar-refractivity contribution in [2.45, 2.75) is 38.1 Å². The normalized spacial score (nSPS) is 14.8. The van der Waals surface area contributed by atoms with E-state index in [1.807, 2.05) is 18.2 Å². The molecule has 2 aromatic carbocycles. The van der Waals surface area contributed by atoms with Gasteiger partial charge >= 0.3 is 6.03 Å². The lowest BCUT2D eigenvalue weighted by atomic mass is 9.95. The van der Waals surface area contributed by atoms with E-state index in [1.54, 1.807) is 36.4 Å². The van der Waals surface area contributed by atoms with Gasteiger partial charge in [-0.3, -0.25) is 5.21 Å². The summed E-state index contributed by atoms with van der Waals surface area (Å²) in [6.45, 7) is 0.259. The number of rotatable bonds is 6. The summed E-state index contributed by atoms with van der Waals surface area (Å²) >= 11 is 0. The second kappa shape index (κ2) is 9.90. The molecule has 0 aromatic heterocycles. The van der Waals surface area contributed by atoms with E-state index in [0.29, 0.717) is 5.75 Å². The van der Waals surface area contributed by atoms with Crippen LogP contribution >= 0.6 is 0 Å². The minimum atomic E-state index is -0.497. The maximum Gasteiger partial charge on any atom is 0.341 e. The number of hydroxylamine groups is 2. The van der Waals surface area contributed by atoms with Gasteiger partial charge in [0.05, 0.1) is 6.04 Å². The Kier molecular flexibility index (Phi) is 7.03. The van der Waals surface area contributed by atoms with Crippen LogP contribution in [-0.2, 0) is 0 Å². The third-order valence-electron chi connectivity index (χ3n) is 4.74. The van der Waals surface area contributed by atoms with Crippen LogP contribution in [-0.4, -0.2) is 28.9 Å². The molecule has 2 amide bonds. The number of benzene rings is 2. The first-order valence-electron chi connectivity index (χ1n) is 9.58. The van der Waals surface area contributed by atoms with Gasteiger partial charge in [0.2, 0.25) is 0 Å². The molecule has 0 atom stereocenters. The van der Waals surface area contributed by atoms with E-state index in [0.717, 1.165) is 42.7 Å². The number of nitrogens with zero attached hydrogens (tertiary/aromatic N) is 1. The van der Waals surface area contributed by atoms with E-state index < -0.39 is 11.8 Å². The van der Waals surface area contributed by atoms with E-state index in [9.17, 15) is 14.4 Å². The van der Waals surface area contributed by atoms with Crippen molar-refractivity contribution < 1.29 is 19.1 Å². The number of carbonyl (C=O) groups is 1. The summed E-state index contributed by atoms with van der Waals surface area (Å²) in [6, 6.07) is 13.0. The Morgan fingerprint density at radius 3 is 2.68 bits per heavy atom. The van der Waals surface area contributed by atoms with E-state index in [1.165, 1.54) is 6.07 Å². The first-order valence-corrected chi connectivity index (χ1v) is 9.58. The van der Waals surface area contributed by atoms with Gasteiger partial charge in [0.1, 0.15) is 5.75 Å². The van der Waals surface area contributed by atoms with Gasteiger partial charge in [-0.05, 0) is 42.7 Å². The zero-order valence-electron chi connectivity index (χ0n) is 15.7. The number of nitrogens with one attached hydrogen (secondary N) is 1. The Hall–Kier alpha value is -2.86. The molecule has 3 rings (SSSR count). The summed E-state index contributed by atoms with van der Waals surface area (Å²) in [7, 11) is 0. The largest absolute Gasteiger partial charge is 0.454 e. The molecular weight excluding hydrogens is 359 g/mol. The zero-order chi connectivity index (χ0) is 19.8. The van der Waals surface area contributed by atoms with Gasteiger partial charge in [-0.25, -0.2) is 14.2 Å². The molecule has 1 fully saturated rings. The van der Waals surface area contributed by atoms with E-state index in [-0.39, 0.29) is 18.3 Å². The number of amides is 2. The summed E-state index contributed by atoms with van der Waals surface area (Å²) in [5.74, 6) is 0.245. The summed E-state index contributed by atoms with van der Waals surface area (Å²) in [5, 5.41) is 13.5. The first kappa shape index (κ1) is 19.9. The number of ether oxygens (including phenoxy) is 1. The van der Waals surface area contributed by atoms with Crippen LogP contribution < -0.4 is 10.1 Å². The second-order valence-corrected chi connectivity index (χ2v) is 6.83. The number of urea groups is 1. The van der Waals surface area contributed by atoms with Crippen LogP contribution in [0.5, 0.6) is 11.5 Å². The summed E-state index contributed by atoms with van der Waals surface area (Å²) < 4.78 is 19.6. The maximum atomic E-state index is 14.0. The van der Waals surface area contributed by atoms with Gasteiger partial charge in [0.25, 0.3) is 0 Å². The number of para-hydroxylation sites is 1. The molecule has 1 aliphatic rings. The molecule has 148 valence electrons. The lowest BCUT2D eigenvalue weighted by Gasteiger charge is -2.28. The van der Waals surface area contributed by atoms with Crippen molar-refractivity contribution in [3.63, 3.8) is 0 Å². The first-order chi connectivity index (χ1) is 13.6. The van der Waals surface area contributed by atoms with Crippen LogP contribution in [0.2, 0.25) is 0 Å². The summed E-state index contributed by atoms with van der Waals surface area (Å²) in [4.78, 5) is 12.0. The van der Waals surface area contributed by atoms with Crippen molar-refractivity contribution in [1.29, 1.82) is 0 Å². The van der Waals surface area contributed by atoms with Gasteiger partial charge in [0, 0.05) is 6.54 Å². The fraction of sp³-hybridized carbons (Fsp3) is 0.318. The van der Waals surface area contributed by atoms with E-state index in [2.05, 4.69) is 5.32 Å². The van der Waals surface area contributed by atoms with E-state index >= 15 is 0 Å². The number of carbonyl (C=O) groups excluding carboxylic acids is 1. The Bertz CT molecular complexity index is 805. The minimum Gasteiger partial charge on any atom is -0.454 e. The Morgan fingerprint density at radius 2 is 1.93 bits per heavy atom. The highest BCUT2D eigenvalue weighted by atomic mass is 19.1. The van der Waals surface area contributed by atoms with Gasteiger partial charge < -0.3 is 10.1 Å². The molecule has 0 heterocycles. The van der Waals surface area contributed by atoms with Crippen molar-refractivity contribution >= 4 is 12.1 Å². The fourth-order valence-electron chi connectivity index (χ4n) is 3.23. The lowest BCUT2D eigenvalue weighted by Crippen LogP contribution is -2.44. The van der Waals surface area contributed by atoms with Crippen molar-refractivity contribution in [1.82, 2.24) is 10.4 Å². The number of hydrogen-bond donors (Lipinski definition) is 2. The monoisotopic (exact) mass is 384 g/mol. The van der Waals surface area contributed by atoms with Crippen LogP contribution in [0.3, 0.4) is 0 Å². The third-order valence-corrected chi connectivity index (χ3v) is 4.74. The molecule has 1 saturated carbocycles. The minimum absolute atomic E-state index is 0.104. The maximum absolute atomic E-state index is 14.0. The predicted molar refractivity (Wildman–Crippen MR) is 106 cm³/mol. The molecule has 2 aromatic rings. The smallest absolute Gasteiger partial charge is 0.341 e. The molecule has 0 radical (unpaired) electrons. The van der Waals surface area contributed by atoms with Crippen molar-refractivity contribution in [3.05, 3.63) is 66.0 Å². The Balaban J connectivity index is 1.52. The molecule has 5 nitrogen and oxygen atoms in total. The molecular formula is C22H25FN2O3. The third kappa shape index (κ3) is 5.57. The summed E-state index contributed by atoms with van der Waals surface area (Å²) in [5.41, 5.74) is 0.745. The zero-order valence-corrected chi connectivity index (χ0v) is 15.7. The molecule has 1 aliphatic carbocycles. The standard InChI is InChI=1S/C22H25FN2O3/c23-20-14-13-17(16-21(20)28-19-11-5-2-6-12-19)8-7-15-24-22(26)25(27)18-9-3-1-4-10-18/h2,5-8,11-14,16,18,27H,1,3-4,9-10,15H2,(H,24,26). The van der Waals surface area contributed by atoms with Crippen LogP contribution in [0, 0.1) is 5.82 Å². The quantitative estimate of drug-likeness (QED) is 0.520. The molecule has 2 N–H and O–H groups in total. The topological polar surface area (TPSA) is 61.8 Å². The van der Waals surface area contributed by atoms with Crippen LogP contribution in [0.1, 0.15) is 37.7 Å². The highest BCUT2D eigenvalue weighted by Crippen LogP contribution is 2.26. The van der Waals surface area contributed by atoms with Crippen LogP contribution in [0.15, 0.2) is 54.6 Å². The van der Waals surface area contributed by atoms with Crippen LogP contribution in [0.25, 0.3) is 6.08 Å². The fourth-order valence-corrected chi connectivity index (χ4v) is 3.23. The molecule has 6 heteroatoms. The van der Waals surface area contributed by atoms with Gasteiger partial charge in [0.15, 0.2) is 11.6 Å². The van der Waals surface area contributed by atoms with Crippen molar-refractivity contribution in [2.24, 2.45) is 0 Å². The lowest BCUT2D eigenvalue weighted by molar-refractivity contribution is -0.0867. The van der Waals surface area contributed by atoms with Gasteiger partial charge in [-0.2, -0.15) is 0 Å². The number of hydrogen-bond acceptors (Lipinski definition) is 3. The average Bonchev–Trinajstić information content (AvgIpc) is 2.74. The van der Waals surface area contributed by atoms with Crippen LogP contribution in [0.4, 0.5) is 9.18 Å². The Morgan fingerprint density at radius 1 is 1.18 bits per heavy atom. The molecule has 0 aliphatic heterocycles. The van der Waals surface area contributed by atoms with Gasteiger partial charge in [-0.1, -0.05) is 55.7 Å². The van der Waals surface area contributed by atoms with Crippen molar-refractivity contribution in [3.8, 4) is 11.5 Å². The number of halogens is 1. The SMILES string of the molecule is O=C(NCC=Cc1ccc(F)c(Oc2ccccc2)c1)N(O)C1CCCCC1. The predicted octanol–water partition coefficient (Wildman–Crippen LogP) is 5.36. The Labute approximate surface area is 164 Å². The molecule has 28 heavy (non-hydrogen) atoms. The molecule has 0 unspecified atom stereocenters.